The van der Waals surface area contributed by atoms with Crippen LogP contribution in [-0.2, 0) is 16.6 Å². The lowest BCUT2D eigenvalue weighted by Crippen LogP contribution is -2.51. The third-order valence-corrected chi connectivity index (χ3v) is 7.98. The van der Waals surface area contributed by atoms with E-state index in [1.807, 2.05) is 43.3 Å². The minimum atomic E-state index is -3.64. The molecule has 0 saturated carbocycles. The number of hydrogen-bond acceptors (Lipinski definition) is 4. The molecule has 1 aliphatic rings. The van der Waals surface area contributed by atoms with Crippen LogP contribution in [0.15, 0.2) is 76.6 Å². The lowest BCUT2D eigenvalue weighted by atomic mass is 10.2. The Balaban J connectivity index is 1.48. The van der Waals surface area contributed by atoms with Gasteiger partial charge in [0.1, 0.15) is 5.56 Å². The minimum Gasteiger partial charge on any atom is -0.336 e. The molecule has 0 atom stereocenters. The van der Waals surface area contributed by atoms with Gasteiger partial charge in [0.15, 0.2) is 0 Å². The molecule has 0 N–H and O–H groups in total. The molecule has 1 saturated heterocycles. The smallest absolute Gasteiger partial charge is 0.263 e. The second-order valence-corrected chi connectivity index (χ2v) is 10.2. The van der Waals surface area contributed by atoms with Crippen molar-refractivity contribution in [3.8, 4) is 0 Å². The molecule has 0 unspecified atom stereocenters. The molecule has 33 heavy (non-hydrogen) atoms. The summed E-state index contributed by atoms with van der Waals surface area (Å²) in [5.41, 5.74) is 2.42. The Morgan fingerprint density at radius 2 is 1.61 bits per heavy atom. The number of piperazine rings is 1. The highest BCUT2D eigenvalue weighted by atomic mass is 32.2. The third-order valence-electron chi connectivity index (χ3n) is 5.92. The van der Waals surface area contributed by atoms with E-state index in [2.05, 4.69) is 0 Å². The Labute approximate surface area is 193 Å². The van der Waals surface area contributed by atoms with Gasteiger partial charge >= 0.3 is 0 Å². The standard InChI is InChI=1S/C25H27N3O4S/c1-19-10-11-23(20(2)17-19)33(31,32)28-15-13-26(14-16-28)24(29)22-9-6-12-27(25(22)30)18-21-7-4-3-5-8-21/h3-12,17H,13-16,18H2,1-2H3. The Kier molecular flexibility index (Phi) is 6.49. The van der Waals surface area contributed by atoms with E-state index in [-0.39, 0.29) is 43.2 Å². The first-order valence-electron chi connectivity index (χ1n) is 10.9. The molecular weight excluding hydrogens is 438 g/mol. The van der Waals surface area contributed by atoms with Gasteiger partial charge in [-0.1, -0.05) is 48.0 Å². The predicted molar refractivity (Wildman–Crippen MR) is 127 cm³/mol. The van der Waals surface area contributed by atoms with E-state index in [9.17, 15) is 18.0 Å². The van der Waals surface area contributed by atoms with Crippen molar-refractivity contribution in [3.05, 3.63) is 99.5 Å². The second-order valence-electron chi connectivity index (χ2n) is 8.31. The molecule has 7 nitrogen and oxygen atoms in total. The zero-order valence-corrected chi connectivity index (χ0v) is 19.6. The molecular formula is C25H27N3O4S. The van der Waals surface area contributed by atoms with E-state index in [0.717, 1.165) is 11.1 Å². The van der Waals surface area contributed by atoms with Crippen LogP contribution < -0.4 is 5.56 Å². The van der Waals surface area contributed by atoms with Crippen LogP contribution >= 0.6 is 0 Å². The van der Waals surface area contributed by atoms with Gasteiger partial charge < -0.3 is 9.47 Å². The van der Waals surface area contributed by atoms with Crippen LogP contribution in [-0.4, -0.2) is 54.3 Å². The molecule has 172 valence electrons. The topological polar surface area (TPSA) is 79.7 Å². The number of carbonyl (C=O) groups excluding carboxylic acids is 1. The molecule has 1 fully saturated rings. The maximum atomic E-state index is 13.1. The number of sulfonamides is 1. The van der Waals surface area contributed by atoms with Crippen LogP contribution in [0.25, 0.3) is 0 Å². The molecule has 0 aliphatic carbocycles. The largest absolute Gasteiger partial charge is 0.336 e. The summed E-state index contributed by atoms with van der Waals surface area (Å²) in [6.07, 6.45) is 1.67. The maximum Gasteiger partial charge on any atom is 0.263 e. The number of aromatic nitrogens is 1. The fourth-order valence-corrected chi connectivity index (χ4v) is 5.76. The molecule has 1 aromatic heterocycles. The zero-order valence-electron chi connectivity index (χ0n) is 18.8. The highest BCUT2D eigenvalue weighted by molar-refractivity contribution is 7.89. The first kappa shape index (κ1) is 22.9. The highest BCUT2D eigenvalue weighted by Crippen LogP contribution is 2.22. The average molecular weight is 466 g/mol. The fraction of sp³-hybridized carbons (Fsp3) is 0.280. The molecule has 3 aromatic rings. The van der Waals surface area contributed by atoms with Gasteiger partial charge in [-0.15, -0.1) is 0 Å². The molecule has 2 aromatic carbocycles. The first-order valence-corrected chi connectivity index (χ1v) is 12.3. The van der Waals surface area contributed by atoms with Crippen molar-refractivity contribution in [1.29, 1.82) is 0 Å². The number of benzene rings is 2. The first-order chi connectivity index (χ1) is 15.8. The number of nitrogens with zero attached hydrogens (tertiary/aromatic N) is 3. The van der Waals surface area contributed by atoms with Gasteiger partial charge in [-0.2, -0.15) is 4.31 Å². The number of hydrogen-bond donors (Lipinski definition) is 0. The van der Waals surface area contributed by atoms with Gasteiger partial charge in [-0.05, 0) is 43.2 Å². The molecule has 0 spiro atoms. The van der Waals surface area contributed by atoms with Crippen molar-refractivity contribution < 1.29 is 13.2 Å². The van der Waals surface area contributed by atoms with Crippen LogP contribution in [0, 0.1) is 13.8 Å². The number of pyridine rings is 1. The van der Waals surface area contributed by atoms with Crippen LogP contribution in [0.4, 0.5) is 0 Å². The maximum absolute atomic E-state index is 13.1. The van der Waals surface area contributed by atoms with Crippen molar-refractivity contribution in [2.24, 2.45) is 0 Å². The quantitative estimate of drug-likeness (QED) is 0.580. The molecule has 4 rings (SSSR count). The Morgan fingerprint density at radius 1 is 0.909 bits per heavy atom. The molecule has 1 amide bonds. The van der Waals surface area contributed by atoms with Gasteiger partial charge in [-0.3, -0.25) is 9.59 Å². The summed E-state index contributed by atoms with van der Waals surface area (Å²) in [6.45, 7) is 4.92. The minimum absolute atomic E-state index is 0.0964. The van der Waals surface area contributed by atoms with E-state index >= 15 is 0 Å². The second kappa shape index (κ2) is 9.33. The summed E-state index contributed by atoms with van der Waals surface area (Å²) in [5, 5.41) is 0. The lowest BCUT2D eigenvalue weighted by molar-refractivity contribution is 0.0695. The van der Waals surface area contributed by atoms with Gasteiger partial charge in [0, 0.05) is 32.4 Å². The molecule has 1 aliphatic heterocycles. The van der Waals surface area contributed by atoms with E-state index in [4.69, 9.17) is 0 Å². The summed E-state index contributed by atoms with van der Waals surface area (Å²) in [5.74, 6) is -0.369. The average Bonchev–Trinajstić information content (AvgIpc) is 2.80. The van der Waals surface area contributed by atoms with E-state index in [1.54, 1.807) is 36.2 Å². The van der Waals surface area contributed by atoms with Gasteiger partial charge in [0.25, 0.3) is 11.5 Å². The van der Waals surface area contributed by atoms with Gasteiger partial charge in [-0.25, -0.2) is 8.42 Å². The molecule has 2 heterocycles. The molecule has 8 heteroatoms. The van der Waals surface area contributed by atoms with Crippen LogP contribution in [0.5, 0.6) is 0 Å². The van der Waals surface area contributed by atoms with Crippen LogP contribution in [0.3, 0.4) is 0 Å². The SMILES string of the molecule is Cc1ccc(S(=O)(=O)N2CCN(C(=O)c3cccn(Cc4ccccc4)c3=O)CC2)c(C)c1. The number of rotatable bonds is 5. The van der Waals surface area contributed by atoms with Crippen LogP contribution in [0.2, 0.25) is 0 Å². The van der Waals surface area contributed by atoms with Crippen molar-refractivity contribution in [1.82, 2.24) is 13.8 Å². The summed E-state index contributed by atoms with van der Waals surface area (Å²) in [7, 11) is -3.64. The van der Waals surface area contributed by atoms with Crippen LogP contribution in [0.1, 0.15) is 27.0 Å². The zero-order chi connectivity index (χ0) is 23.6. The normalized spacial score (nSPS) is 14.9. The Morgan fingerprint density at radius 3 is 2.27 bits per heavy atom. The molecule has 0 radical (unpaired) electrons. The van der Waals surface area contributed by atoms with Gasteiger partial charge in [0.2, 0.25) is 10.0 Å². The fourth-order valence-electron chi connectivity index (χ4n) is 4.13. The van der Waals surface area contributed by atoms with E-state index < -0.39 is 10.0 Å². The molecule has 0 bridgehead atoms. The van der Waals surface area contributed by atoms with Crippen molar-refractivity contribution >= 4 is 15.9 Å². The Bertz CT molecular complexity index is 1330. The third kappa shape index (κ3) is 4.77. The number of aryl methyl sites for hydroxylation is 2. The lowest BCUT2D eigenvalue weighted by Gasteiger charge is -2.34. The monoisotopic (exact) mass is 465 g/mol. The Hall–Kier alpha value is -3.23. The summed E-state index contributed by atoms with van der Waals surface area (Å²) in [6, 6.07) is 18.1. The van der Waals surface area contributed by atoms with Crippen molar-refractivity contribution in [2.75, 3.05) is 26.2 Å². The summed E-state index contributed by atoms with van der Waals surface area (Å²) < 4.78 is 29.1. The summed E-state index contributed by atoms with van der Waals surface area (Å²) >= 11 is 0. The predicted octanol–water partition coefficient (Wildman–Crippen LogP) is 2.66. The number of carbonyl (C=O) groups is 1. The number of amides is 1. The van der Waals surface area contributed by atoms with Gasteiger partial charge in [0.05, 0.1) is 11.4 Å². The van der Waals surface area contributed by atoms with E-state index in [1.165, 1.54) is 14.9 Å². The van der Waals surface area contributed by atoms with E-state index in [0.29, 0.717) is 17.0 Å². The summed E-state index contributed by atoms with van der Waals surface area (Å²) in [4.78, 5) is 27.9. The van der Waals surface area contributed by atoms with Crippen molar-refractivity contribution in [3.63, 3.8) is 0 Å². The highest BCUT2D eigenvalue weighted by Gasteiger charge is 2.32. The van der Waals surface area contributed by atoms with Crippen molar-refractivity contribution in [2.45, 2.75) is 25.3 Å².